The van der Waals surface area contributed by atoms with Crippen molar-refractivity contribution in [3.63, 3.8) is 0 Å². The van der Waals surface area contributed by atoms with Crippen LogP contribution in [0.2, 0.25) is 0 Å². The third-order valence-electron chi connectivity index (χ3n) is 2.44. The summed E-state index contributed by atoms with van der Waals surface area (Å²) in [5.74, 6) is 0.836. The van der Waals surface area contributed by atoms with Gasteiger partial charge in [-0.15, -0.1) is 0 Å². The van der Waals surface area contributed by atoms with E-state index >= 15 is 0 Å². The molecule has 0 bridgehead atoms. The number of anilines is 1. The van der Waals surface area contributed by atoms with Crippen LogP contribution < -0.4 is 10.5 Å². The Bertz CT molecular complexity index is 337. The molecule has 1 heterocycles. The van der Waals surface area contributed by atoms with Crippen LogP contribution >= 0.6 is 15.9 Å². The van der Waals surface area contributed by atoms with Crippen molar-refractivity contribution in [1.29, 1.82) is 0 Å². The Hall–Kier alpha value is -0.740. The van der Waals surface area contributed by atoms with E-state index < -0.39 is 0 Å². The quantitative estimate of drug-likeness (QED) is 0.841. The number of nitrogens with two attached hydrogens (primary N) is 1. The maximum atomic E-state index is 5.81. The molecule has 1 aliphatic rings. The van der Waals surface area contributed by atoms with Gasteiger partial charge in [0.1, 0.15) is 11.9 Å². The zero-order chi connectivity index (χ0) is 10.7. The van der Waals surface area contributed by atoms with E-state index in [4.69, 9.17) is 15.2 Å². The Labute approximate surface area is 97.7 Å². The van der Waals surface area contributed by atoms with Crippen LogP contribution in [-0.4, -0.2) is 19.3 Å². The second-order valence-corrected chi connectivity index (χ2v) is 4.47. The lowest BCUT2D eigenvalue weighted by Crippen LogP contribution is -2.25. The average molecular weight is 272 g/mol. The van der Waals surface area contributed by atoms with E-state index in [-0.39, 0.29) is 6.10 Å². The first-order valence-electron chi connectivity index (χ1n) is 5.05. The first kappa shape index (κ1) is 10.8. The molecule has 15 heavy (non-hydrogen) atoms. The molecule has 2 rings (SSSR count). The lowest BCUT2D eigenvalue weighted by molar-refractivity contribution is 0.0256. The van der Waals surface area contributed by atoms with Crippen molar-refractivity contribution in [1.82, 2.24) is 0 Å². The lowest BCUT2D eigenvalue weighted by Gasteiger charge is -2.23. The van der Waals surface area contributed by atoms with Crippen LogP contribution in [0.5, 0.6) is 5.75 Å². The molecule has 2 N–H and O–H groups in total. The summed E-state index contributed by atoms with van der Waals surface area (Å²) in [7, 11) is 0. The Balaban J connectivity index is 2.00. The smallest absolute Gasteiger partial charge is 0.121 e. The van der Waals surface area contributed by atoms with Crippen molar-refractivity contribution in [2.45, 2.75) is 18.9 Å². The van der Waals surface area contributed by atoms with E-state index in [2.05, 4.69) is 15.9 Å². The second kappa shape index (κ2) is 4.86. The molecule has 0 aromatic heterocycles. The molecule has 1 fully saturated rings. The van der Waals surface area contributed by atoms with E-state index in [0.717, 1.165) is 36.3 Å². The van der Waals surface area contributed by atoms with Crippen LogP contribution in [-0.2, 0) is 4.74 Å². The average Bonchev–Trinajstić information content (AvgIpc) is 2.25. The van der Waals surface area contributed by atoms with Crippen molar-refractivity contribution in [3.8, 4) is 5.75 Å². The van der Waals surface area contributed by atoms with E-state index in [1.807, 2.05) is 18.2 Å². The third kappa shape index (κ3) is 2.86. The molecule has 1 aliphatic heterocycles. The minimum absolute atomic E-state index is 0.263. The fraction of sp³-hybridized carbons (Fsp3) is 0.455. The molecule has 4 heteroatoms. The van der Waals surface area contributed by atoms with Gasteiger partial charge in [-0.25, -0.2) is 0 Å². The molecule has 0 amide bonds. The number of halogens is 1. The molecule has 3 nitrogen and oxygen atoms in total. The van der Waals surface area contributed by atoms with E-state index in [0.29, 0.717) is 5.69 Å². The summed E-state index contributed by atoms with van der Waals surface area (Å²) in [5.41, 5.74) is 6.48. The van der Waals surface area contributed by atoms with Crippen molar-refractivity contribution >= 4 is 21.6 Å². The van der Waals surface area contributed by atoms with Crippen LogP contribution in [0.1, 0.15) is 12.8 Å². The van der Waals surface area contributed by atoms with Crippen LogP contribution in [0, 0.1) is 0 Å². The number of nitrogen functional groups attached to an aromatic ring is 1. The molecule has 82 valence electrons. The Morgan fingerprint density at radius 2 is 2.07 bits per heavy atom. The summed E-state index contributed by atoms with van der Waals surface area (Å²) in [4.78, 5) is 0. The van der Waals surface area contributed by atoms with Crippen molar-refractivity contribution in [3.05, 3.63) is 22.7 Å². The first-order valence-corrected chi connectivity index (χ1v) is 5.84. The summed E-state index contributed by atoms with van der Waals surface area (Å²) >= 11 is 3.35. The van der Waals surface area contributed by atoms with Crippen LogP contribution in [0.3, 0.4) is 0 Å². The maximum Gasteiger partial charge on any atom is 0.121 e. The van der Waals surface area contributed by atoms with Gasteiger partial charge in [-0.2, -0.15) is 0 Å². The predicted molar refractivity (Wildman–Crippen MR) is 63.0 cm³/mol. The second-order valence-electron chi connectivity index (χ2n) is 3.61. The van der Waals surface area contributed by atoms with E-state index in [1.165, 1.54) is 0 Å². The molecule has 1 aromatic carbocycles. The highest BCUT2D eigenvalue weighted by Crippen LogP contribution is 2.26. The molecule has 0 radical (unpaired) electrons. The number of ether oxygens (including phenoxy) is 2. The maximum absolute atomic E-state index is 5.81. The fourth-order valence-corrected chi connectivity index (χ4v) is 1.83. The topological polar surface area (TPSA) is 44.5 Å². The molecular formula is C11H14BrNO2. The molecule has 1 saturated heterocycles. The number of hydrogen-bond acceptors (Lipinski definition) is 3. The van der Waals surface area contributed by atoms with Crippen molar-refractivity contribution in [2.24, 2.45) is 0 Å². The normalized spacial score (nSPS) is 17.7. The molecule has 0 aliphatic carbocycles. The largest absolute Gasteiger partial charge is 0.490 e. The molecule has 0 unspecified atom stereocenters. The van der Waals surface area contributed by atoms with Gasteiger partial charge in [-0.3, -0.25) is 0 Å². The van der Waals surface area contributed by atoms with Gasteiger partial charge in [-0.05, 0) is 28.1 Å². The number of rotatable bonds is 2. The van der Waals surface area contributed by atoms with Gasteiger partial charge in [0.2, 0.25) is 0 Å². The van der Waals surface area contributed by atoms with E-state index in [9.17, 15) is 0 Å². The van der Waals surface area contributed by atoms with Gasteiger partial charge in [0.25, 0.3) is 0 Å². The molecule has 1 aromatic rings. The predicted octanol–water partition coefficient (Wildman–Crippen LogP) is 2.59. The Kier molecular flexibility index (Phi) is 3.49. The van der Waals surface area contributed by atoms with Gasteiger partial charge in [0.05, 0.1) is 13.2 Å². The first-order chi connectivity index (χ1) is 7.25. The zero-order valence-corrected chi connectivity index (χ0v) is 10.00. The molecule has 0 saturated carbocycles. The summed E-state index contributed by atoms with van der Waals surface area (Å²) < 4.78 is 12.0. The highest BCUT2D eigenvalue weighted by molar-refractivity contribution is 9.10. The third-order valence-corrected chi connectivity index (χ3v) is 3.16. The fourth-order valence-electron chi connectivity index (χ4n) is 1.58. The molecule has 0 spiro atoms. The summed E-state index contributed by atoms with van der Waals surface area (Å²) in [6.07, 6.45) is 2.17. The number of benzene rings is 1. The van der Waals surface area contributed by atoms with Gasteiger partial charge >= 0.3 is 0 Å². The SMILES string of the molecule is Nc1cc(OC2CCOCC2)ccc1Br. The molecule has 0 atom stereocenters. The van der Waals surface area contributed by atoms with Gasteiger partial charge in [0.15, 0.2) is 0 Å². The van der Waals surface area contributed by atoms with Crippen LogP contribution in [0.25, 0.3) is 0 Å². The van der Waals surface area contributed by atoms with Crippen LogP contribution in [0.15, 0.2) is 22.7 Å². The standard InChI is InChI=1S/C11H14BrNO2/c12-10-2-1-9(7-11(10)13)15-8-3-5-14-6-4-8/h1-2,7-8H,3-6,13H2. The monoisotopic (exact) mass is 271 g/mol. The van der Waals surface area contributed by atoms with Gasteiger partial charge < -0.3 is 15.2 Å². The molecular weight excluding hydrogens is 258 g/mol. The Morgan fingerprint density at radius 3 is 2.73 bits per heavy atom. The zero-order valence-electron chi connectivity index (χ0n) is 8.41. The van der Waals surface area contributed by atoms with Gasteiger partial charge in [0, 0.05) is 29.1 Å². The van der Waals surface area contributed by atoms with Crippen molar-refractivity contribution in [2.75, 3.05) is 18.9 Å². The minimum Gasteiger partial charge on any atom is -0.490 e. The van der Waals surface area contributed by atoms with Crippen molar-refractivity contribution < 1.29 is 9.47 Å². The summed E-state index contributed by atoms with van der Waals surface area (Å²) in [5, 5.41) is 0. The lowest BCUT2D eigenvalue weighted by atomic mass is 10.1. The highest BCUT2D eigenvalue weighted by Gasteiger charge is 2.15. The summed E-state index contributed by atoms with van der Waals surface area (Å²) in [6.45, 7) is 1.58. The van der Waals surface area contributed by atoms with Gasteiger partial charge in [-0.1, -0.05) is 0 Å². The number of hydrogen-bond donors (Lipinski definition) is 1. The minimum atomic E-state index is 0.263. The Morgan fingerprint density at radius 1 is 1.33 bits per heavy atom. The van der Waals surface area contributed by atoms with Crippen LogP contribution in [0.4, 0.5) is 5.69 Å². The highest BCUT2D eigenvalue weighted by atomic mass is 79.9. The summed E-state index contributed by atoms with van der Waals surface area (Å²) in [6, 6.07) is 5.68. The van der Waals surface area contributed by atoms with E-state index in [1.54, 1.807) is 0 Å².